The zero-order valence-electron chi connectivity index (χ0n) is 9.06. The molecule has 2 nitrogen and oxygen atoms in total. The van der Waals surface area contributed by atoms with Gasteiger partial charge in [0.1, 0.15) is 0 Å². The number of nitrogens with one attached hydrogen (secondary N) is 1. The topological polar surface area (TPSA) is 15.3 Å². The van der Waals surface area contributed by atoms with Gasteiger partial charge in [-0.25, -0.2) is 0 Å². The Kier molecular flexibility index (Phi) is 7.51. The highest BCUT2D eigenvalue weighted by Gasteiger charge is 2.05. The zero-order chi connectivity index (χ0) is 9.40. The monoisotopic (exact) mass is 172 g/mol. The molecule has 0 rings (SSSR count). The molecule has 0 saturated heterocycles. The summed E-state index contributed by atoms with van der Waals surface area (Å²) in [5.41, 5.74) is 0. The third kappa shape index (κ3) is 5.56. The fourth-order valence-corrected chi connectivity index (χ4v) is 1.38. The van der Waals surface area contributed by atoms with Crippen LogP contribution in [0.1, 0.15) is 27.7 Å². The molecule has 0 bridgehead atoms. The van der Waals surface area contributed by atoms with Gasteiger partial charge in [0.15, 0.2) is 0 Å². The smallest absolute Gasteiger partial charge is 0.00189 e. The third-order valence-electron chi connectivity index (χ3n) is 2.21. The minimum absolute atomic E-state index is 0.768. The van der Waals surface area contributed by atoms with Crippen molar-refractivity contribution < 1.29 is 0 Å². The third-order valence-corrected chi connectivity index (χ3v) is 2.21. The lowest BCUT2D eigenvalue weighted by Gasteiger charge is -2.22. The molecule has 1 N–H and O–H groups in total. The van der Waals surface area contributed by atoms with Crippen LogP contribution in [0.25, 0.3) is 0 Å². The van der Waals surface area contributed by atoms with Crippen LogP contribution in [0, 0.1) is 5.92 Å². The average Bonchev–Trinajstić information content (AvgIpc) is 2.10. The Bertz CT molecular complexity index is 89.8. The van der Waals surface area contributed by atoms with Gasteiger partial charge < -0.3 is 10.2 Å². The predicted octanol–water partition coefficient (Wildman–Crippen LogP) is 1.57. The summed E-state index contributed by atoms with van der Waals surface area (Å²) in [7, 11) is 0. The summed E-state index contributed by atoms with van der Waals surface area (Å²) < 4.78 is 0. The molecule has 0 radical (unpaired) electrons. The fraction of sp³-hybridized carbons (Fsp3) is 1.00. The molecule has 0 fully saturated rings. The van der Waals surface area contributed by atoms with Gasteiger partial charge in [-0.15, -0.1) is 0 Å². The van der Waals surface area contributed by atoms with Crippen LogP contribution in [0.15, 0.2) is 0 Å². The molecule has 0 heterocycles. The fourth-order valence-electron chi connectivity index (χ4n) is 1.38. The first-order valence-electron chi connectivity index (χ1n) is 5.17. The first kappa shape index (κ1) is 11.9. The number of hydrogen-bond acceptors (Lipinski definition) is 2. The van der Waals surface area contributed by atoms with Crippen LogP contribution in [-0.4, -0.2) is 37.6 Å². The van der Waals surface area contributed by atoms with E-state index in [1.54, 1.807) is 0 Å². The van der Waals surface area contributed by atoms with Crippen molar-refractivity contribution in [3.05, 3.63) is 0 Å². The van der Waals surface area contributed by atoms with E-state index in [4.69, 9.17) is 0 Å². The molecular formula is C10H24N2. The minimum Gasteiger partial charge on any atom is -0.317 e. The van der Waals surface area contributed by atoms with Crippen LogP contribution >= 0.6 is 0 Å². The molecule has 0 aromatic carbocycles. The van der Waals surface area contributed by atoms with Crippen molar-refractivity contribution in [2.75, 3.05) is 32.7 Å². The molecule has 0 aliphatic rings. The number of rotatable bonds is 7. The molecule has 74 valence electrons. The van der Waals surface area contributed by atoms with Crippen LogP contribution in [0.4, 0.5) is 0 Å². The van der Waals surface area contributed by atoms with Gasteiger partial charge in [-0.1, -0.05) is 27.7 Å². The van der Waals surface area contributed by atoms with E-state index in [0.29, 0.717) is 0 Å². The molecule has 1 atom stereocenters. The van der Waals surface area contributed by atoms with Crippen LogP contribution in [0.3, 0.4) is 0 Å². The van der Waals surface area contributed by atoms with E-state index in [-0.39, 0.29) is 0 Å². The molecule has 0 amide bonds. The highest BCUT2D eigenvalue weighted by molar-refractivity contribution is 4.61. The summed E-state index contributed by atoms with van der Waals surface area (Å²) in [4.78, 5) is 2.47. The van der Waals surface area contributed by atoms with E-state index in [1.807, 2.05) is 0 Å². The van der Waals surface area contributed by atoms with Gasteiger partial charge >= 0.3 is 0 Å². The largest absolute Gasteiger partial charge is 0.317 e. The summed E-state index contributed by atoms with van der Waals surface area (Å²) in [5.74, 6) is 0.768. The summed E-state index contributed by atoms with van der Waals surface area (Å²) >= 11 is 0. The van der Waals surface area contributed by atoms with E-state index in [9.17, 15) is 0 Å². The SMILES string of the molecule is CCNCC(C)CN(CC)CC. The summed E-state index contributed by atoms with van der Waals surface area (Å²) in [6.07, 6.45) is 0. The maximum Gasteiger partial charge on any atom is 0.00189 e. The van der Waals surface area contributed by atoms with Crippen molar-refractivity contribution in [3.8, 4) is 0 Å². The van der Waals surface area contributed by atoms with Gasteiger partial charge in [0.05, 0.1) is 0 Å². The Hall–Kier alpha value is -0.0800. The van der Waals surface area contributed by atoms with E-state index in [2.05, 4.69) is 37.9 Å². The van der Waals surface area contributed by atoms with Crippen molar-refractivity contribution in [2.45, 2.75) is 27.7 Å². The van der Waals surface area contributed by atoms with Gasteiger partial charge in [-0.05, 0) is 32.1 Å². The maximum atomic E-state index is 3.37. The van der Waals surface area contributed by atoms with Crippen molar-refractivity contribution in [1.82, 2.24) is 10.2 Å². The van der Waals surface area contributed by atoms with Crippen LogP contribution in [-0.2, 0) is 0 Å². The second-order valence-corrected chi connectivity index (χ2v) is 3.40. The Balaban J connectivity index is 3.44. The molecule has 0 aliphatic carbocycles. The van der Waals surface area contributed by atoms with Crippen molar-refractivity contribution >= 4 is 0 Å². The number of nitrogens with zero attached hydrogens (tertiary/aromatic N) is 1. The molecule has 0 aromatic rings. The standard InChI is InChI=1S/C10H24N2/c1-5-11-8-10(4)9-12(6-2)7-3/h10-11H,5-9H2,1-4H3. The molecule has 0 aliphatic heterocycles. The van der Waals surface area contributed by atoms with Gasteiger partial charge in [0.25, 0.3) is 0 Å². The Labute approximate surface area is 77.3 Å². The van der Waals surface area contributed by atoms with Crippen molar-refractivity contribution in [3.63, 3.8) is 0 Å². The van der Waals surface area contributed by atoms with E-state index >= 15 is 0 Å². The predicted molar refractivity (Wildman–Crippen MR) is 55.5 cm³/mol. The van der Waals surface area contributed by atoms with Gasteiger partial charge in [-0.3, -0.25) is 0 Å². The summed E-state index contributed by atoms with van der Waals surface area (Å²) in [6.45, 7) is 14.7. The average molecular weight is 172 g/mol. The zero-order valence-corrected chi connectivity index (χ0v) is 9.06. The minimum atomic E-state index is 0.768. The summed E-state index contributed by atoms with van der Waals surface area (Å²) in [5, 5.41) is 3.37. The highest BCUT2D eigenvalue weighted by Crippen LogP contribution is 1.97. The first-order valence-corrected chi connectivity index (χ1v) is 5.17. The summed E-state index contributed by atoms with van der Waals surface area (Å²) in [6, 6.07) is 0. The van der Waals surface area contributed by atoms with Gasteiger partial charge in [-0.2, -0.15) is 0 Å². The molecule has 0 aromatic heterocycles. The molecule has 2 heteroatoms. The molecule has 0 spiro atoms. The Morgan fingerprint density at radius 1 is 1.17 bits per heavy atom. The second kappa shape index (κ2) is 7.56. The van der Waals surface area contributed by atoms with Crippen molar-refractivity contribution in [2.24, 2.45) is 5.92 Å². The van der Waals surface area contributed by atoms with Crippen molar-refractivity contribution in [1.29, 1.82) is 0 Å². The van der Waals surface area contributed by atoms with Crippen LogP contribution in [0.2, 0.25) is 0 Å². The van der Waals surface area contributed by atoms with Crippen LogP contribution in [0.5, 0.6) is 0 Å². The van der Waals surface area contributed by atoms with Gasteiger partial charge in [0, 0.05) is 6.54 Å². The molecular weight excluding hydrogens is 148 g/mol. The number of hydrogen-bond donors (Lipinski definition) is 1. The lowest BCUT2D eigenvalue weighted by Crippen LogP contribution is -2.33. The van der Waals surface area contributed by atoms with Crippen LogP contribution < -0.4 is 5.32 Å². The molecule has 0 saturated carbocycles. The molecule has 12 heavy (non-hydrogen) atoms. The lowest BCUT2D eigenvalue weighted by molar-refractivity contribution is 0.257. The van der Waals surface area contributed by atoms with E-state index in [0.717, 1.165) is 19.0 Å². The normalized spacial score (nSPS) is 13.8. The Morgan fingerprint density at radius 2 is 1.75 bits per heavy atom. The Morgan fingerprint density at radius 3 is 2.17 bits per heavy atom. The van der Waals surface area contributed by atoms with Gasteiger partial charge in [0.2, 0.25) is 0 Å². The van der Waals surface area contributed by atoms with E-state index in [1.165, 1.54) is 19.6 Å². The molecule has 1 unspecified atom stereocenters. The van der Waals surface area contributed by atoms with E-state index < -0.39 is 0 Å². The highest BCUT2D eigenvalue weighted by atomic mass is 15.1. The lowest BCUT2D eigenvalue weighted by atomic mass is 10.1. The second-order valence-electron chi connectivity index (χ2n) is 3.40. The maximum absolute atomic E-state index is 3.37. The quantitative estimate of drug-likeness (QED) is 0.627. The first-order chi connectivity index (χ1) is 5.74.